The lowest BCUT2D eigenvalue weighted by atomic mass is 10.1. The Labute approximate surface area is 129 Å². The third-order valence-electron chi connectivity index (χ3n) is 3.44. The summed E-state index contributed by atoms with van der Waals surface area (Å²) in [5.41, 5.74) is 5.99. The summed E-state index contributed by atoms with van der Waals surface area (Å²) in [5, 5.41) is 4.24. The molecule has 1 fully saturated rings. The second kappa shape index (κ2) is 6.53. The molecule has 0 atom stereocenters. The van der Waals surface area contributed by atoms with Gasteiger partial charge in [0.1, 0.15) is 0 Å². The van der Waals surface area contributed by atoms with E-state index < -0.39 is 0 Å². The predicted octanol–water partition coefficient (Wildman–Crippen LogP) is 0.925. The molecule has 7 heteroatoms. The Bertz CT molecular complexity index is 570. The highest BCUT2D eigenvalue weighted by molar-refractivity contribution is 7.80. The molecule has 0 amide bonds. The lowest BCUT2D eigenvalue weighted by Gasteiger charge is -2.39. The van der Waals surface area contributed by atoms with Gasteiger partial charge in [0.25, 0.3) is 5.56 Å². The maximum absolute atomic E-state index is 12.1. The molecule has 1 aliphatic rings. The smallest absolute Gasteiger partial charge is 0.268 e. The zero-order chi connectivity index (χ0) is 15.5. The van der Waals surface area contributed by atoms with E-state index in [0.29, 0.717) is 24.6 Å². The minimum absolute atomic E-state index is 0.0975. The number of nitrogens with zero attached hydrogens (tertiary/aromatic N) is 3. The first kappa shape index (κ1) is 15.9. The van der Waals surface area contributed by atoms with Gasteiger partial charge in [-0.15, -0.1) is 0 Å². The average Bonchev–Trinajstić information content (AvgIpc) is 2.39. The topological polar surface area (TPSA) is 73.4 Å². The van der Waals surface area contributed by atoms with Gasteiger partial charge in [0.15, 0.2) is 0 Å². The minimum Gasteiger partial charge on any atom is -0.393 e. The second-order valence-corrected chi connectivity index (χ2v) is 6.40. The molecule has 2 rings (SSSR count). The summed E-state index contributed by atoms with van der Waals surface area (Å²) in [6, 6.07) is 1.63. The quantitative estimate of drug-likeness (QED) is 0.816. The summed E-state index contributed by atoms with van der Waals surface area (Å²) in [6.45, 7) is 6.80. The molecule has 0 aromatic carbocycles. The number of aromatic nitrogens is 2. The van der Waals surface area contributed by atoms with E-state index in [0.717, 1.165) is 25.2 Å². The number of anilines is 1. The number of morpholine rings is 1. The predicted molar refractivity (Wildman–Crippen MR) is 86.8 cm³/mol. The van der Waals surface area contributed by atoms with Crippen LogP contribution in [0, 0.1) is 0 Å². The fraction of sp³-hybridized carbons (Fsp3) is 0.643. The van der Waals surface area contributed by atoms with Crippen LogP contribution < -0.4 is 16.2 Å². The van der Waals surface area contributed by atoms with E-state index in [2.05, 4.69) is 10.00 Å². The van der Waals surface area contributed by atoms with Crippen molar-refractivity contribution in [1.82, 2.24) is 9.78 Å². The van der Waals surface area contributed by atoms with Crippen molar-refractivity contribution in [2.75, 3.05) is 24.6 Å². The van der Waals surface area contributed by atoms with Crippen LogP contribution in [0.2, 0.25) is 0 Å². The van der Waals surface area contributed by atoms with Crippen molar-refractivity contribution in [3.8, 4) is 0 Å². The summed E-state index contributed by atoms with van der Waals surface area (Å²) in [7, 11) is 0. The van der Waals surface area contributed by atoms with E-state index in [1.165, 1.54) is 4.68 Å². The van der Waals surface area contributed by atoms with Gasteiger partial charge in [0.05, 0.1) is 29.1 Å². The van der Waals surface area contributed by atoms with Crippen LogP contribution in [-0.2, 0) is 11.3 Å². The van der Waals surface area contributed by atoms with E-state index in [1.54, 1.807) is 12.3 Å². The third-order valence-corrected chi connectivity index (χ3v) is 3.64. The fourth-order valence-electron chi connectivity index (χ4n) is 2.40. The standard InChI is InChI=1S/C14H22N4O2S/c1-14(2)10-17(6-7-20-14)11-8-13(19)18(16-9-11)5-3-4-12(15)21/h8-9H,3-7,10H2,1-2H3,(H2,15,21). The highest BCUT2D eigenvalue weighted by atomic mass is 32.1. The number of hydrogen-bond donors (Lipinski definition) is 1. The van der Waals surface area contributed by atoms with Crippen LogP contribution in [0.1, 0.15) is 26.7 Å². The Balaban J connectivity index is 2.05. The van der Waals surface area contributed by atoms with Crippen LogP contribution in [0.5, 0.6) is 0 Å². The van der Waals surface area contributed by atoms with E-state index in [1.807, 2.05) is 13.8 Å². The van der Waals surface area contributed by atoms with E-state index in [9.17, 15) is 4.79 Å². The second-order valence-electron chi connectivity index (χ2n) is 5.87. The molecule has 2 N–H and O–H groups in total. The van der Waals surface area contributed by atoms with Gasteiger partial charge in [-0.25, -0.2) is 4.68 Å². The van der Waals surface area contributed by atoms with Crippen LogP contribution in [0.15, 0.2) is 17.1 Å². The molecule has 0 spiro atoms. The van der Waals surface area contributed by atoms with Crippen molar-refractivity contribution in [3.05, 3.63) is 22.6 Å². The van der Waals surface area contributed by atoms with Gasteiger partial charge in [-0.1, -0.05) is 12.2 Å². The van der Waals surface area contributed by atoms with Crippen LogP contribution in [-0.4, -0.2) is 40.1 Å². The van der Waals surface area contributed by atoms with Crippen molar-refractivity contribution in [3.63, 3.8) is 0 Å². The fourth-order valence-corrected chi connectivity index (χ4v) is 2.55. The largest absolute Gasteiger partial charge is 0.393 e. The molecule has 6 nitrogen and oxygen atoms in total. The molecule has 116 valence electrons. The normalized spacial score (nSPS) is 17.7. The first-order valence-corrected chi connectivity index (χ1v) is 7.53. The molecule has 1 saturated heterocycles. The van der Waals surface area contributed by atoms with Crippen LogP contribution in [0.3, 0.4) is 0 Å². The monoisotopic (exact) mass is 310 g/mol. The lowest BCUT2D eigenvalue weighted by molar-refractivity contribution is -0.0277. The van der Waals surface area contributed by atoms with Crippen molar-refractivity contribution < 1.29 is 4.74 Å². The maximum atomic E-state index is 12.1. The summed E-state index contributed by atoms with van der Waals surface area (Å²) in [5.74, 6) is 0. The molecular formula is C14H22N4O2S. The minimum atomic E-state index is -0.204. The SMILES string of the molecule is CC1(C)CN(c2cnn(CCCC(N)=S)c(=O)c2)CCO1. The van der Waals surface area contributed by atoms with Crippen molar-refractivity contribution >= 4 is 22.9 Å². The van der Waals surface area contributed by atoms with Crippen molar-refractivity contribution in [2.24, 2.45) is 5.73 Å². The number of aryl methyl sites for hydroxylation is 1. The average molecular weight is 310 g/mol. The Morgan fingerprint density at radius 2 is 2.33 bits per heavy atom. The Hall–Kier alpha value is -1.47. The first-order valence-electron chi connectivity index (χ1n) is 7.12. The van der Waals surface area contributed by atoms with Crippen molar-refractivity contribution in [2.45, 2.75) is 38.8 Å². The van der Waals surface area contributed by atoms with Gasteiger partial charge < -0.3 is 15.4 Å². The molecular weight excluding hydrogens is 288 g/mol. The van der Waals surface area contributed by atoms with Gasteiger partial charge in [-0.2, -0.15) is 5.10 Å². The molecule has 1 aromatic heterocycles. The summed E-state index contributed by atoms with van der Waals surface area (Å²) in [4.78, 5) is 14.7. The molecule has 0 bridgehead atoms. The van der Waals surface area contributed by atoms with Gasteiger partial charge >= 0.3 is 0 Å². The van der Waals surface area contributed by atoms with Gasteiger partial charge in [-0.3, -0.25) is 4.79 Å². The van der Waals surface area contributed by atoms with Crippen molar-refractivity contribution in [1.29, 1.82) is 0 Å². The zero-order valence-electron chi connectivity index (χ0n) is 12.5. The summed E-state index contributed by atoms with van der Waals surface area (Å²) < 4.78 is 7.13. The molecule has 1 aromatic rings. The van der Waals surface area contributed by atoms with Gasteiger partial charge in [-0.05, 0) is 26.7 Å². The number of hydrogen-bond acceptors (Lipinski definition) is 5. The summed E-state index contributed by atoms with van der Waals surface area (Å²) >= 11 is 4.82. The highest BCUT2D eigenvalue weighted by Crippen LogP contribution is 2.21. The number of ether oxygens (including phenoxy) is 1. The van der Waals surface area contributed by atoms with Gasteiger partial charge in [0, 0.05) is 25.7 Å². The molecule has 0 saturated carbocycles. The maximum Gasteiger partial charge on any atom is 0.268 e. The molecule has 0 unspecified atom stereocenters. The molecule has 21 heavy (non-hydrogen) atoms. The molecule has 0 radical (unpaired) electrons. The summed E-state index contributed by atoms with van der Waals surface area (Å²) in [6.07, 6.45) is 3.10. The third kappa shape index (κ3) is 4.50. The number of thiocarbonyl (C=S) groups is 1. The van der Waals surface area contributed by atoms with E-state index in [4.69, 9.17) is 22.7 Å². The highest BCUT2D eigenvalue weighted by Gasteiger charge is 2.27. The molecule has 1 aliphatic heterocycles. The number of rotatable bonds is 5. The molecule has 2 heterocycles. The lowest BCUT2D eigenvalue weighted by Crippen LogP contribution is -2.48. The van der Waals surface area contributed by atoms with Gasteiger partial charge in [0.2, 0.25) is 0 Å². The van der Waals surface area contributed by atoms with Crippen LogP contribution in [0.25, 0.3) is 0 Å². The van der Waals surface area contributed by atoms with Crippen LogP contribution >= 0.6 is 12.2 Å². The Kier molecular flexibility index (Phi) is 4.95. The zero-order valence-corrected chi connectivity index (χ0v) is 13.4. The molecule has 0 aliphatic carbocycles. The van der Waals surface area contributed by atoms with E-state index >= 15 is 0 Å². The Morgan fingerprint density at radius 3 is 2.95 bits per heavy atom. The van der Waals surface area contributed by atoms with Crippen LogP contribution in [0.4, 0.5) is 5.69 Å². The Morgan fingerprint density at radius 1 is 1.57 bits per heavy atom. The first-order chi connectivity index (χ1) is 9.87. The number of nitrogens with two attached hydrogens (primary N) is 1. The van der Waals surface area contributed by atoms with E-state index in [-0.39, 0.29) is 11.2 Å².